The monoisotopic (exact) mass is 523 g/mol. The molecular formula is C25H34ClN3O5S. The zero-order valence-electron chi connectivity index (χ0n) is 20.7. The summed E-state index contributed by atoms with van der Waals surface area (Å²) in [5.41, 5.74) is 1.30. The lowest BCUT2D eigenvalue weighted by Gasteiger charge is -2.29. The summed E-state index contributed by atoms with van der Waals surface area (Å²) in [5, 5.41) is 3.29. The molecule has 0 bridgehead atoms. The molecule has 0 radical (unpaired) electrons. The van der Waals surface area contributed by atoms with Crippen LogP contribution in [0.4, 0.5) is 5.69 Å². The van der Waals surface area contributed by atoms with Crippen molar-refractivity contribution in [3.05, 3.63) is 59.1 Å². The van der Waals surface area contributed by atoms with Crippen LogP contribution in [0.1, 0.15) is 39.2 Å². The Morgan fingerprint density at radius 3 is 2.37 bits per heavy atom. The van der Waals surface area contributed by atoms with Crippen LogP contribution in [-0.2, 0) is 26.2 Å². The highest BCUT2D eigenvalue weighted by molar-refractivity contribution is 7.92. The molecule has 2 aromatic carbocycles. The van der Waals surface area contributed by atoms with Crippen molar-refractivity contribution in [2.75, 3.05) is 30.3 Å². The van der Waals surface area contributed by atoms with Gasteiger partial charge in [0.1, 0.15) is 11.8 Å². The number of rotatable bonds is 13. The molecular weight excluding hydrogens is 490 g/mol. The number of anilines is 1. The second-order valence-electron chi connectivity index (χ2n) is 8.09. The van der Waals surface area contributed by atoms with E-state index in [4.69, 9.17) is 16.3 Å². The smallest absolute Gasteiger partial charge is 0.242 e. The molecule has 2 aromatic rings. The average molecular weight is 524 g/mol. The fraction of sp³-hybridized carbons (Fsp3) is 0.440. The van der Waals surface area contributed by atoms with Gasteiger partial charge in [0.15, 0.2) is 0 Å². The number of sulfonamides is 1. The van der Waals surface area contributed by atoms with E-state index in [0.29, 0.717) is 29.6 Å². The highest BCUT2D eigenvalue weighted by Gasteiger charge is 2.26. The molecule has 192 valence electrons. The van der Waals surface area contributed by atoms with Gasteiger partial charge in [0.05, 0.1) is 18.6 Å². The van der Waals surface area contributed by atoms with Crippen molar-refractivity contribution in [1.82, 2.24) is 10.2 Å². The Bertz CT molecular complexity index is 1090. The van der Waals surface area contributed by atoms with Gasteiger partial charge in [0.2, 0.25) is 21.8 Å². The van der Waals surface area contributed by atoms with E-state index < -0.39 is 16.1 Å². The van der Waals surface area contributed by atoms with E-state index in [1.807, 2.05) is 19.9 Å². The fourth-order valence-corrected chi connectivity index (χ4v) is 4.79. The van der Waals surface area contributed by atoms with E-state index in [1.54, 1.807) is 49.4 Å². The number of hydrogen-bond acceptors (Lipinski definition) is 5. The first-order valence-corrected chi connectivity index (χ1v) is 13.8. The fourth-order valence-electron chi connectivity index (χ4n) is 3.62. The van der Waals surface area contributed by atoms with E-state index >= 15 is 0 Å². The van der Waals surface area contributed by atoms with Gasteiger partial charge in [-0.15, -0.1) is 0 Å². The van der Waals surface area contributed by atoms with Crippen LogP contribution in [0.2, 0.25) is 5.02 Å². The highest BCUT2D eigenvalue weighted by atomic mass is 35.5. The first kappa shape index (κ1) is 28.5. The minimum atomic E-state index is -3.56. The van der Waals surface area contributed by atoms with Gasteiger partial charge in [-0.05, 0) is 69.2 Å². The maximum Gasteiger partial charge on any atom is 0.242 e. The summed E-state index contributed by atoms with van der Waals surface area (Å²) in [7, 11) is -3.56. The molecule has 0 aliphatic heterocycles. The van der Waals surface area contributed by atoms with Crippen LogP contribution in [0.25, 0.3) is 0 Å². The number of benzene rings is 2. The normalized spacial score (nSPS) is 12.0. The third-order valence-corrected chi connectivity index (χ3v) is 6.78. The van der Waals surface area contributed by atoms with E-state index in [9.17, 15) is 18.0 Å². The molecule has 2 rings (SSSR count). The van der Waals surface area contributed by atoms with Crippen molar-refractivity contribution < 1.29 is 22.7 Å². The second-order valence-corrected chi connectivity index (χ2v) is 10.4. The maximum atomic E-state index is 13.2. The van der Waals surface area contributed by atoms with Crippen LogP contribution in [-0.4, -0.2) is 57.1 Å². The van der Waals surface area contributed by atoms with Gasteiger partial charge in [-0.2, -0.15) is 0 Å². The Labute approximate surface area is 213 Å². The van der Waals surface area contributed by atoms with E-state index in [-0.39, 0.29) is 37.7 Å². The largest absolute Gasteiger partial charge is 0.494 e. The number of nitrogens with one attached hydrogen (secondary N) is 1. The van der Waals surface area contributed by atoms with Gasteiger partial charge < -0.3 is 15.0 Å². The van der Waals surface area contributed by atoms with Crippen molar-refractivity contribution in [2.24, 2.45) is 0 Å². The predicted octanol–water partition coefficient (Wildman–Crippen LogP) is 3.84. The number of carbonyl (C=O) groups is 2. The molecule has 0 saturated carbocycles. The van der Waals surface area contributed by atoms with Crippen LogP contribution in [0, 0.1) is 0 Å². The third-order valence-electron chi connectivity index (χ3n) is 5.35. The molecule has 0 unspecified atom stereocenters. The Kier molecular flexibility index (Phi) is 10.9. The van der Waals surface area contributed by atoms with Crippen molar-refractivity contribution in [2.45, 2.75) is 46.2 Å². The number of carbonyl (C=O) groups excluding carboxylic acids is 2. The molecule has 0 aliphatic carbocycles. The molecule has 10 heteroatoms. The van der Waals surface area contributed by atoms with Crippen LogP contribution in [0.15, 0.2) is 48.5 Å². The maximum absolute atomic E-state index is 13.2. The molecule has 1 atom stereocenters. The van der Waals surface area contributed by atoms with Crippen LogP contribution in [0.5, 0.6) is 5.75 Å². The van der Waals surface area contributed by atoms with Crippen molar-refractivity contribution in [3.8, 4) is 5.75 Å². The average Bonchev–Trinajstić information content (AvgIpc) is 2.80. The summed E-state index contributed by atoms with van der Waals surface area (Å²) in [4.78, 5) is 27.2. The van der Waals surface area contributed by atoms with E-state index in [1.165, 1.54) is 9.21 Å². The van der Waals surface area contributed by atoms with Crippen molar-refractivity contribution in [1.29, 1.82) is 0 Å². The molecule has 2 amide bonds. The SMILES string of the molecule is CCNC(=O)[C@H](C)N(Cc1cccc(Cl)c1)C(=O)CCCN(c1ccc(OCC)cc1)S(C)(=O)=O. The highest BCUT2D eigenvalue weighted by Crippen LogP contribution is 2.23. The molecule has 0 aliphatic rings. The Morgan fingerprint density at radius 2 is 1.80 bits per heavy atom. The molecule has 0 aromatic heterocycles. The molecule has 0 saturated heterocycles. The minimum Gasteiger partial charge on any atom is -0.494 e. The summed E-state index contributed by atoms with van der Waals surface area (Å²) in [5.74, 6) is 0.148. The number of halogens is 1. The lowest BCUT2D eigenvalue weighted by atomic mass is 10.1. The van der Waals surface area contributed by atoms with Gasteiger partial charge in [0, 0.05) is 31.1 Å². The van der Waals surface area contributed by atoms with Crippen LogP contribution >= 0.6 is 11.6 Å². The van der Waals surface area contributed by atoms with E-state index in [0.717, 1.165) is 11.8 Å². The Hall–Kier alpha value is -2.78. The standard InChI is InChI=1S/C25H34ClN3O5S/c1-5-27-25(31)19(3)28(18-20-9-7-10-21(26)17-20)24(30)11-8-16-29(35(4,32)33)22-12-14-23(15-13-22)34-6-2/h7,9-10,12-15,17,19H,5-6,8,11,16,18H2,1-4H3,(H,27,31)/t19-/m0/s1. The summed E-state index contributed by atoms with van der Waals surface area (Å²) in [6.45, 7) is 6.66. The number of nitrogens with zero attached hydrogens (tertiary/aromatic N) is 2. The first-order valence-electron chi connectivity index (χ1n) is 11.6. The summed E-state index contributed by atoms with van der Waals surface area (Å²) in [6.07, 6.45) is 1.49. The first-order chi connectivity index (χ1) is 16.6. The second kappa shape index (κ2) is 13.3. The van der Waals surface area contributed by atoms with Gasteiger partial charge in [0.25, 0.3) is 0 Å². The summed E-state index contributed by atoms with van der Waals surface area (Å²) in [6, 6.07) is 13.2. The van der Waals surface area contributed by atoms with Gasteiger partial charge in [-0.25, -0.2) is 8.42 Å². The lowest BCUT2D eigenvalue weighted by Crippen LogP contribution is -2.47. The number of ether oxygens (including phenoxy) is 1. The minimum absolute atomic E-state index is 0.0767. The predicted molar refractivity (Wildman–Crippen MR) is 139 cm³/mol. The van der Waals surface area contributed by atoms with Crippen LogP contribution < -0.4 is 14.4 Å². The quantitative estimate of drug-likeness (QED) is 0.430. The lowest BCUT2D eigenvalue weighted by molar-refractivity contribution is -0.140. The number of amides is 2. The van der Waals surface area contributed by atoms with Gasteiger partial charge in [-0.1, -0.05) is 23.7 Å². The Balaban J connectivity index is 2.14. The van der Waals surface area contributed by atoms with Crippen molar-refractivity contribution in [3.63, 3.8) is 0 Å². The topological polar surface area (TPSA) is 96.0 Å². The molecule has 0 fully saturated rings. The molecule has 0 spiro atoms. The molecule has 8 nitrogen and oxygen atoms in total. The van der Waals surface area contributed by atoms with E-state index in [2.05, 4.69) is 5.32 Å². The van der Waals surface area contributed by atoms with Gasteiger partial charge in [-0.3, -0.25) is 13.9 Å². The molecule has 1 N–H and O–H groups in total. The third kappa shape index (κ3) is 8.74. The van der Waals surface area contributed by atoms with Gasteiger partial charge >= 0.3 is 0 Å². The van der Waals surface area contributed by atoms with Crippen molar-refractivity contribution >= 4 is 39.1 Å². The summed E-state index contributed by atoms with van der Waals surface area (Å²) < 4.78 is 31.5. The number of hydrogen-bond donors (Lipinski definition) is 1. The zero-order valence-corrected chi connectivity index (χ0v) is 22.2. The summed E-state index contributed by atoms with van der Waals surface area (Å²) >= 11 is 6.09. The zero-order chi connectivity index (χ0) is 26.0. The number of likely N-dealkylation sites (N-methyl/N-ethyl adjacent to an activating group) is 1. The molecule has 35 heavy (non-hydrogen) atoms. The Morgan fingerprint density at radius 1 is 1.11 bits per heavy atom. The van der Waals surface area contributed by atoms with Crippen LogP contribution in [0.3, 0.4) is 0 Å². The molecule has 0 heterocycles.